The summed E-state index contributed by atoms with van der Waals surface area (Å²) >= 11 is 0. The van der Waals surface area contributed by atoms with E-state index in [4.69, 9.17) is 10.00 Å². The van der Waals surface area contributed by atoms with Gasteiger partial charge in [0.15, 0.2) is 6.61 Å². The van der Waals surface area contributed by atoms with Crippen molar-refractivity contribution in [3.05, 3.63) is 29.5 Å². The molecule has 9 heteroatoms. The van der Waals surface area contributed by atoms with Crippen LogP contribution in [0.15, 0.2) is 18.2 Å². The minimum atomic E-state index is -3.09. The van der Waals surface area contributed by atoms with Gasteiger partial charge in [-0.25, -0.2) is 0 Å². The first-order valence-corrected chi connectivity index (χ1v) is 7.40. The van der Waals surface area contributed by atoms with Crippen LogP contribution < -0.4 is 15.4 Å². The van der Waals surface area contributed by atoms with Gasteiger partial charge in [0.1, 0.15) is 17.5 Å². The van der Waals surface area contributed by atoms with E-state index in [2.05, 4.69) is 15.6 Å². The third kappa shape index (κ3) is 4.23. The zero-order valence-electron chi connectivity index (χ0n) is 13.4. The molecule has 0 atom stereocenters. The quantitative estimate of drug-likeness (QED) is 0.701. The number of amides is 2. The highest BCUT2D eigenvalue weighted by molar-refractivity contribution is 6.01. The lowest BCUT2D eigenvalue weighted by Gasteiger charge is -2.07. The molecule has 0 spiro atoms. The van der Waals surface area contributed by atoms with E-state index in [1.165, 1.54) is 7.05 Å². The second kappa shape index (κ2) is 8.10. The van der Waals surface area contributed by atoms with E-state index in [1.54, 1.807) is 18.2 Å². The van der Waals surface area contributed by atoms with Crippen molar-refractivity contribution in [3.63, 3.8) is 0 Å². The smallest absolute Gasteiger partial charge is 0.315 e. The molecule has 1 aromatic carbocycles. The number of carbonyl (C=O) groups is 2. The molecular formula is C16H16F2N4O3. The minimum absolute atomic E-state index is 0.0522. The Kier molecular flexibility index (Phi) is 5.89. The lowest BCUT2D eigenvalue weighted by molar-refractivity contribution is -0.131. The van der Waals surface area contributed by atoms with Crippen LogP contribution in [0, 0.1) is 11.3 Å². The zero-order chi connectivity index (χ0) is 18.4. The highest BCUT2D eigenvalue weighted by atomic mass is 19.3. The van der Waals surface area contributed by atoms with Crippen LogP contribution in [0.5, 0.6) is 5.75 Å². The summed E-state index contributed by atoms with van der Waals surface area (Å²) in [5.74, 6) is -1.29. The summed E-state index contributed by atoms with van der Waals surface area (Å²) in [5, 5.41) is 13.8. The largest absolute Gasteiger partial charge is 0.479 e. The first-order valence-electron chi connectivity index (χ1n) is 7.40. The van der Waals surface area contributed by atoms with Gasteiger partial charge in [-0.15, -0.1) is 0 Å². The highest BCUT2D eigenvalue weighted by Gasteiger charge is 2.19. The monoisotopic (exact) mass is 350 g/mol. The maximum absolute atomic E-state index is 12.3. The lowest BCUT2D eigenvalue weighted by atomic mass is 10.1. The zero-order valence-corrected chi connectivity index (χ0v) is 13.4. The molecule has 7 nitrogen and oxygen atoms in total. The SMILES string of the molecule is CNC(=O)c1[nH]c2ccc(OCC#N)cc2c1CCNC(=O)C(F)F. The van der Waals surface area contributed by atoms with E-state index in [0.29, 0.717) is 22.2 Å². The van der Waals surface area contributed by atoms with Gasteiger partial charge in [0, 0.05) is 24.5 Å². The van der Waals surface area contributed by atoms with Gasteiger partial charge in [0.05, 0.1) is 0 Å². The summed E-state index contributed by atoms with van der Waals surface area (Å²) in [7, 11) is 1.47. The average molecular weight is 350 g/mol. The Morgan fingerprint density at radius 2 is 2.16 bits per heavy atom. The van der Waals surface area contributed by atoms with E-state index >= 15 is 0 Å². The Bertz CT molecular complexity index is 827. The molecule has 25 heavy (non-hydrogen) atoms. The van der Waals surface area contributed by atoms with Crippen LogP contribution >= 0.6 is 0 Å². The van der Waals surface area contributed by atoms with Crippen LogP contribution in [0.1, 0.15) is 16.1 Å². The number of aromatic nitrogens is 1. The minimum Gasteiger partial charge on any atom is -0.479 e. The number of H-pyrrole nitrogens is 1. The van der Waals surface area contributed by atoms with Gasteiger partial charge >= 0.3 is 6.43 Å². The first kappa shape index (κ1) is 18.2. The van der Waals surface area contributed by atoms with Crippen molar-refractivity contribution in [3.8, 4) is 11.8 Å². The molecule has 0 aliphatic rings. The second-order valence-electron chi connectivity index (χ2n) is 5.05. The normalized spacial score (nSPS) is 10.5. The molecule has 0 saturated heterocycles. The van der Waals surface area contributed by atoms with E-state index in [1.807, 2.05) is 6.07 Å². The molecule has 0 unspecified atom stereocenters. The molecule has 3 N–H and O–H groups in total. The average Bonchev–Trinajstić information content (AvgIpc) is 2.97. The van der Waals surface area contributed by atoms with Gasteiger partial charge in [-0.2, -0.15) is 14.0 Å². The molecule has 0 aliphatic carbocycles. The predicted molar refractivity (Wildman–Crippen MR) is 85.5 cm³/mol. The number of carbonyl (C=O) groups excluding carboxylic acids is 2. The number of nitrogens with zero attached hydrogens (tertiary/aromatic N) is 1. The number of alkyl halides is 2. The van der Waals surface area contributed by atoms with Crippen LogP contribution in [0.3, 0.4) is 0 Å². The summed E-state index contributed by atoms with van der Waals surface area (Å²) in [6, 6.07) is 6.84. The second-order valence-corrected chi connectivity index (χ2v) is 5.05. The molecule has 2 aromatic rings. The van der Waals surface area contributed by atoms with Crippen molar-refractivity contribution in [2.45, 2.75) is 12.8 Å². The van der Waals surface area contributed by atoms with Gasteiger partial charge in [-0.1, -0.05) is 0 Å². The number of rotatable bonds is 7. The number of nitriles is 1. The summed E-state index contributed by atoms with van der Waals surface area (Å²) in [5.41, 5.74) is 1.49. The van der Waals surface area contributed by atoms with Crippen molar-refractivity contribution in [1.82, 2.24) is 15.6 Å². The van der Waals surface area contributed by atoms with Crippen molar-refractivity contribution in [1.29, 1.82) is 5.26 Å². The molecule has 0 radical (unpaired) electrons. The lowest BCUT2D eigenvalue weighted by Crippen LogP contribution is -2.31. The standard InChI is InChI=1S/C16H16F2N4O3/c1-20-15(23)13-10(4-6-21-16(24)14(17)18)11-8-9(25-7-5-19)2-3-12(11)22-13/h2-3,8,14,22H,4,6-7H2,1H3,(H,20,23)(H,21,24). The van der Waals surface area contributed by atoms with Crippen molar-refractivity contribution in [2.24, 2.45) is 0 Å². The van der Waals surface area contributed by atoms with Gasteiger partial charge in [0.2, 0.25) is 0 Å². The molecule has 2 rings (SSSR count). The number of fused-ring (bicyclic) bond motifs is 1. The van der Waals surface area contributed by atoms with E-state index in [9.17, 15) is 18.4 Å². The summed E-state index contributed by atoms with van der Waals surface area (Å²) in [6.07, 6.45) is -2.92. The van der Waals surface area contributed by atoms with Crippen LogP contribution in [-0.4, -0.2) is 43.4 Å². The molecule has 0 bridgehead atoms. The topological polar surface area (TPSA) is 107 Å². The first-order chi connectivity index (χ1) is 12.0. The third-order valence-electron chi connectivity index (χ3n) is 3.51. The maximum atomic E-state index is 12.3. The van der Waals surface area contributed by atoms with Crippen LogP contribution in [0.4, 0.5) is 8.78 Å². The number of hydrogen-bond donors (Lipinski definition) is 3. The number of nitrogens with one attached hydrogen (secondary N) is 3. The van der Waals surface area contributed by atoms with Gasteiger partial charge in [0.25, 0.3) is 11.8 Å². The van der Waals surface area contributed by atoms with Crippen molar-refractivity contribution >= 4 is 22.7 Å². The molecule has 0 aliphatic heterocycles. The van der Waals surface area contributed by atoms with Gasteiger partial charge in [-0.05, 0) is 30.2 Å². The fourth-order valence-corrected chi connectivity index (χ4v) is 2.40. The molecule has 0 saturated carbocycles. The highest BCUT2D eigenvalue weighted by Crippen LogP contribution is 2.27. The van der Waals surface area contributed by atoms with Crippen LogP contribution in [0.2, 0.25) is 0 Å². The van der Waals surface area contributed by atoms with Gasteiger partial charge < -0.3 is 20.4 Å². The van der Waals surface area contributed by atoms with E-state index < -0.39 is 12.3 Å². The summed E-state index contributed by atoms with van der Waals surface area (Å²) < 4.78 is 29.8. The number of benzene rings is 1. The van der Waals surface area contributed by atoms with Crippen molar-refractivity contribution in [2.75, 3.05) is 20.2 Å². The maximum Gasteiger partial charge on any atom is 0.315 e. The Morgan fingerprint density at radius 3 is 2.80 bits per heavy atom. The Morgan fingerprint density at radius 1 is 1.40 bits per heavy atom. The molecule has 0 fully saturated rings. The molecule has 132 valence electrons. The predicted octanol–water partition coefficient (Wildman–Crippen LogP) is 1.35. The number of hydrogen-bond acceptors (Lipinski definition) is 4. The van der Waals surface area contributed by atoms with Crippen molar-refractivity contribution < 1.29 is 23.1 Å². The number of aromatic amines is 1. The van der Waals surface area contributed by atoms with Gasteiger partial charge in [-0.3, -0.25) is 9.59 Å². The Labute approximate surface area is 142 Å². The van der Waals surface area contributed by atoms with E-state index in [0.717, 1.165) is 0 Å². The van der Waals surface area contributed by atoms with Crippen LogP contribution in [0.25, 0.3) is 10.9 Å². The number of ether oxygens (including phenoxy) is 1. The third-order valence-corrected chi connectivity index (χ3v) is 3.51. The molecule has 1 heterocycles. The number of halogens is 2. The van der Waals surface area contributed by atoms with Crippen LogP contribution in [-0.2, 0) is 11.2 Å². The van der Waals surface area contributed by atoms with E-state index in [-0.39, 0.29) is 31.2 Å². The molecular weight excluding hydrogens is 334 g/mol. The fourth-order valence-electron chi connectivity index (χ4n) is 2.40. The Balaban J connectivity index is 2.33. The fraction of sp³-hybridized carbons (Fsp3) is 0.312. The molecule has 1 aromatic heterocycles. The summed E-state index contributed by atoms with van der Waals surface area (Å²) in [6.45, 7) is -0.179. The summed E-state index contributed by atoms with van der Waals surface area (Å²) in [4.78, 5) is 26.0. The molecule has 2 amide bonds. The Hall–Kier alpha value is -3.15.